The lowest BCUT2D eigenvalue weighted by atomic mass is 10.1. The fourth-order valence-corrected chi connectivity index (χ4v) is 3.69. The predicted octanol–water partition coefficient (Wildman–Crippen LogP) is 6.12. The highest BCUT2D eigenvalue weighted by Gasteiger charge is 2.22. The summed E-state index contributed by atoms with van der Waals surface area (Å²) in [5.41, 5.74) is 3.08. The minimum Gasteiger partial charge on any atom is -0.489 e. The lowest BCUT2D eigenvalue weighted by Gasteiger charge is -2.09. The van der Waals surface area contributed by atoms with E-state index in [4.69, 9.17) is 32.5 Å². The van der Waals surface area contributed by atoms with E-state index in [0.29, 0.717) is 17.1 Å². The Balaban J connectivity index is 1.49. The van der Waals surface area contributed by atoms with E-state index in [1.54, 1.807) is 13.0 Å². The van der Waals surface area contributed by atoms with Crippen LogP contribution in [-0.4, -0.2) is 20.8 Å². The number of carbonyl (C=O) groups excluding carboxylic acids is 1. The van der Waals surface area contributed by atoms with Crippen LogP contribution >= 0.6 is 23.2 Å². The molecular formula is C24H21Cl2FN4O3. The Labute approximate surface area is 205 Å². The van der Waals surface area contributed by atoms with Crippen molar-refractivity contribution in [1.82, 2.24) is 14.9 Å². The van der Waals surface area contributed by atoms with E-state index in [2.05, 4.69) is 15.6 Å². The van der Waals surface area contributed by atoms with Crippen LogP contribution in [0.2, 0.25) is 10.0 Å². The van der Waals surface area contributed by atoms with E-state index in [1.807, 2.05) is 32.0 Å². The van der Waals surface area contributed by atoms with Crippen molar-refractivity contribution in [1.29, 1.82) is 0 Å². The zero-order chi connectivity index (χ0) is 24.4. The van der Waals surface area contributed by atoms with Gasteiger partial charge in [-0.05, 0) is 56.2 Å². The number of hydrogen-bond acceptors (Lipinski definition) is 5. The van der Waals surface area contributed by atoms with Crippen molar-refractivity contribution in [2.45, 2.75) is 33.9 Å². The summed E-state index contributed by atoms with van der Waals surface area (Å²) in [6.07, 6.45) is 1.47. The Morgan fingerprint density at radius 1 is 1.12 bits per heavy atom. The maximum absolute atomic E-state index is 14.1. The van der Waals surface area contributed by atoms with Crippen LogP contribution in [-0.2, 0) is 13.2 Å². The van der Waals surface area contributed by atoms with Gasteiger partial charge in [-0.15, -0.1) is 0 Å². The highest BCUT2D eigenvalue weighted by atomic mass is 35.5. The smallest absolute Gasteiger partial charge is 0.279 e. The zero-order valence-corrected chi connectivity index (χ0v) is 20.2. The van der Waals surface area contributed by atoms with Crippen molar-refractivity contribution >= 4 is 34.9 Å². The second kappa shape index (κ2) is 9.87. The van der Waals surface area contributed by atoms with E-state index in [0.717, 1.165) is 11.1 Å². The number of aromatic nitrogens is 3. The van der Waals surface area contributed by atoms with Gasteiger partial charge in [0, 0.05) is 16.8 Å². The third-order valence-corrected chi connectivity index (χ3v) is 6.02. The second-order valence-corrected chi connectivity index (χ2v) is 8.59. The molecular weight excluding hydrogens is 482 g/mol. The number of nitrogens with zero attached hydrogens (tertiary/aromatic N) is 3. The first-order valence-corrected chi connectivity index (χ1v) is 11.1. The van der Waals surface area contributed by atoms with Crippen molar-refractivity contribution in [3.8, 4) is 5.75 Å². The summed E-state index contributed by atoms with van der Waals surface area (Å²) >= 11 is 12.3. The molecule has 0 aliphatic carbocycles. The summed E-state index contributed by atoms with van der Waals surface area (Å²) in [6.45, 7) is 5.84. The molecule has 4 aromatic rings. The SMILES string of the molecule is Cc1ccc(OCc2c(C(=O)Nc3nn(Cc4c(F)cccc4Cl)cc3Cl)noc2C)cc1C. The summed E-state index contributed by atoms with van der Waals surface area (Å²) in [4.78, 5) is 12.9. The molecule has 0 unspecified atom stereocenters. The van der Waals surface area contributed by atoms with E-state index in [-0.39, 0.29) is 40.3 Å². The standard InChI is InChI=1S/C24H21Cl2FN4O3/c1-13-7-8-16(9-14(13)2)33-12-18-15(3)34-30-22(18)24(32)28-23-20(26)11-31(29-23)10-17-19(25)5-4-6-21(17)27/h4-9,11H,10,12H2,1-3H3,(H,28,29,32). The van der Waals surface area contributed by atoms with Gasteiger partial charge in [0.15, 0.2) is 11.5 Å². The number of halogens is 3. The largest absolute Gasteiger partial charge is 0.489 e. The van der Waals surface area contributed by atoms with Gasteiger partial charge in [0.05, 0.1) is 12.1 Å². The molecule has 0 fully saturated rings. The van der Waals surface area contributed by atoms with Crippen molar-refractivity contribution in [2.24, 2.45) is 0 Å². The number of nitrogens with one attached hydrogen (secondary N) is 1. The lowest BCUT2D eigenvalue weighted by molar-refractivity contribution is 0.101. The quantitative estimate of drug-likeness (QED) is 0.329. The van der Waals surface area contributed by atoms with Gasteiger partial charge in [-0.3, -0.25) is 9.48 Å². The first kappa shape index (κ1) is 23.8. The van der Waals surface area contributed by atoms with Gasteiger partial charge in [0.1, 0.15) is 29.0 Å². The maximum atomic E-state index is 14.1. The molecule has 1 amide bonds. The number of rotatable bonds is 7. The lowest BCUT2D eigenvalue weighted by Crippen LogP contribution is -2.16. The minimum atomic E-state index is -0.563. The van der Waals surface area contributed by atoms with Crippen LogP contribution in [0, 0.1) is 26.6 Å². The van der Waals surface area contributed by atoms with Crippen LogP contribution in [0.1, 0.15) is 38.5 Å². The predicted molar refractivity (Wildman–Crippen MR) is 127 cm³/mol. The van der Waals surface area contributed by atoms with Crippen LogP contribution < -0.4 is 10.1 Å². The fraction of sp³-hybridized carbons (Fsp3) is 0.208. The third-order valence-electron chi connectivity index (χ3n) is 5.39. The molecule has 0 saturated carbocycles. The Bertz CT molecular complexity index is 1350. The van der Waals surface area contributed by atoms with Crippen LogP contribution in [0.4, 0.5) is 10.2 Å². The number of hydrogen-bond donors (Lipinski definition) is 1. The summed E-state index contributed by atoms with van der Waals surface area (Å²) in [5.74, 6) is 0.201. The minimum absolute atomic E-state index is 0.0409. The molecule has 0 atom stereocenters. The molecule has 0 radical (unpaired) electrons. The second-order valence-electron chi connectivity index (χ2n) is 7.78. The molecule has 7 nitrogen and oxygen atoms in total. The van der Waals surface area contributed by atoms with Gasteiger partial charge in [0.25, 0.3) is 5.91 Å². The van der Waals surface area contributed by atoms with Crippen molar-refractivity contribution in [3.63, 3.8) is 0 Å². The van der Waals surface area contributed by atoms with Crippen molar-refractivity contribution in [2.75, 3.05) is 5.32 Å². The molecule has 0 aliphatic rings. The van der Waals surface area contributed by atoms with E-state index < -0.39 is 11.7 Å². The van der Waals surface area contributed by atoms with E-state index >= 15 is 0 Å². The molecule has 2 aromatic heterocycles. The molecule has 34 heavy (non-hydrogen) atoms. The average molecular weight is 503 g/mol. The number of carbonyl (C=O) groups is 1. The Morgan fingerprint density at radius 3 is 2.65 bits per heavy atom. The zero-order valence-electron chi connectivity index (χ0n) is 18.7. The van der Waals surface area contributed by atoms with Crippen LogP contribution in [0.15, 0.2) is 47.1 Å². The van der Waals surface area contributed by atoms with Gasteiger partial charge in [0.2, 0.25) is 0 Å². The van der Waals surface area contributed by atoms with Gasteiger partial charge in [-0.25, -0.2) is 4.39 Å². The average Bonchev–Trinajstić information content (AvgIpc) is 3.33. The summed E-state index contributed by atoms with van der Waals surface area (Å²) in [6, 6.07) is 10.2. The third kappa shape index (κ3) is 5.08. The first-order chi connectivity index (χ1) is 16.2. The van der Waals surface area contributed by atoms with Crippen LogP contribution in [0.5, 0.6) is 5.75 Å². The molecule has 4 rings (SSSR count). The van der Waals surface area contributed by atoms with Crippen molar-refractivity contribution < 1.29 is 18.4 Å². The molecule has 0 saturated heterocycles. The van der Waals surface area contributed by atoms with Gasteiger partial charge >= 0.3 is 0 Å². The topological polar surface area (TPSA) is 82.2 Å². The number of aryl methyl sites for hydroxylation is 3. The van der Waals surface area contributed by atoms with Gasteiger partial charge in [-0.1, -0.05) is 40.5 Å². The monoisotopic (exact) mass is 502 g/mol. The van der Waals surface area contributed by atoms with Crippen molar-refractivity contribution in [3.05, 3.63) is 92.2 Å². The molecule has 0 aliphatic heterocycles. The molecule has 1 N–H and O–H groups in total. The summed E-state index contributed by atoms with van der Waals surface area (Å²) in [5, 5.41) is 11.2. The van der Waals surface area contributed by atoms with Gasteiger partial charge in [-0.2, -0.15) is 5.10 Å². The summed E-state index contributed by atoms with van der Waals surface area (Å²) in [7, 11) is 0. The Kier molecular flexibility index (Phi) is 6.90. The molecule has 176 valence electrons. The maximum Gasteiger partial charge on any atom is 0.279 e. The Morgan fingerprint density at radius 2 is 1.91 bits per heavy atom. The number of anilines is 1. The first-order valence-electron chi connectivity index (χ1n) is 10.4. The Hall–Kier alpha value is -3.36. The number of benzene rings is 2. The van der Waals surface area contributed by atoms with Crippen LogP contribution in [0.25, 0.3) is 0 Å². The summed E-state index contributed by atoms with van der Waals surface area (Å²) < 4.78 is 26.6. The fourth-order valence-electron chi connectivity index (χ4n) is 3.27. The van der Waals surface area contributed by atoms with E-state index in [1.165, 1.54) is 23.0 Å². The molecule has 0 spiro atoms. The molecule has 0 bridgehead atoms. The van der Waals surface area contributed by atoms with Gasteiger partial charge < -0.3 is 14.6 Å². The molecule has 2 heterocycles. The number of amides is 1. The molecule has 10 heteroatoms. The normalized spacial score (nSPS) is 11.0. The highest BCUT2D eigenvalue weighted by molar-refractivity contribution is 6.33. The molecule has 2 aromatic carbocycles. The number of ether oxygens (including phenoxy) is 1. The highest BCUT2D eigenvalue weighted by Crippen LogP contribution is 2.25. The van der Waals surface area contributed by atoms with Crippen LogP contribution in [0.3, 0.4) is 0 Å². The van der Waals surface area contributed by atoms with E-state index in [9.17, 15) is 9.18 Å².